The Morgan fingerprint density at radius 2 is 2.19 bits per heavy atom. The van der Waals surface area contributed by atoms with Gasteiger partial charge in [-0.15, -0.1) is 11.3 Å². The number of aryl methyl sites for hydroxylation is 1. The Morgan fingerprint density at radius 1 is 1.33 bits per heavy atom. The minimum absolute atomic E-state index is 0.0420. The number of anilines is 1. The smallest absolute Gasteiger partial charge is 0.279 e. The zero-order chi connectivity index (χ0) is 18.8. The number of carbonyl (C=O) groups is 1. The van der Waals surface area contributed by atoms with Gasteiger partial charge in [-0.2, -0.15) is 0 Å². The number of fused-ring (bicyclic) bond motifs is 1. The summed E-state index contributed by atoms with van der Waals surface area (Å²) in [6, 6.07) is 13.9. The Balaban J connectivity index is 1.40. The number of hydrogen-bond acceptors (Lipinski definition) is 3. The van der Waals surface area contributed by atoms with Crippen LogP contribution < -0.4 is 10.2 Å². The van der Waals surface area contributed by atoms with Crippen molar-refractivity contribution < 1.29 is 9.69 Å². The number of benzene rings is 2. The van der Waals surface area contributed by atoms with Crippen LogP contribution in [0.5, 0.6) is 0 Å². The molecule has 3 aromatic rings. The molecule has 1 saturated heterocycles. The third-order valence-corrected chi connectivity index (χ3v) is 6.60. The van der Waals surface area contributed by atoms with Crippen molar-refractivity contribution in [2.75, 3.05) is 25.0 Å². The molecule has 0 aliphatic carbocycles. The minimum Gasteiger partial charge on any atom is -0.327 e. The molecule has 0 saturated carbocycles. The Morgan fingerprint density at radius 3 is 3.04 bits per heavy atom. The second-order valence-electron chi connectivity index (χ2n) is 7.25. The molecule has 2 aromatic carbocycles. The molecule has 0 radical (unpaired) electrons. The van der Waals surface area contributed by atoms with E-state index in [1.54, 1.807) is 11.3 Å². The largest absolute Gasteiger partial charge is 0.327 e. The molecule has 0 bridgehead atoms. The van der Waals surface area contributed by atoms with Crippen LogP contribution in [-0.2, 0) is 4.79 Å². The van der Waals surface area contributed by atoms with Crippen LogP contribution in [0.4, 0.5) is 5.69 Å². The number of aromatic nitrogens is 1. The lowest BCUT2D eigenvalue weighted by Crippen LogP contribution is -3.14. The molecule has 6 heteroatoms. The summed E-state index contributed by atoms with van der Waals surface area (Å²) < 4.78 is 1.24. The quantitative estimate of drug-likeness (QED) is 0.702. The molecule has 0 spiro atoms. The van der Waals surface area contributed by atoms with Gasteiger partial charge in [-0.1, -0.05) is 29.8 Å². The number of hydrogen-bond donors (Lipinski definition) is 2. The maximum Gasteiger partial charge on any atom is 0.279 e. The number of rotatable bonds is 4. The van der Waals surface area contributed by atoms with E-state index >= 15 is 0 Å². The summed E-state index contributed by atoms with van der Waals surface area (Å²) in [5.41, 5.74) is 2.90. The first kappa shape index (κ1) is 18.4. The zero-order valence-corrected chi connectivity index (χ0v) is 16.9. The van der Waals surface area contributed by atoms with E-state index in [4.69, 9.17) is 16.6 Å². The minimum atomic E-state index is 0.0420. The van der Waals surface area contributed by atoms with Crippen LogP contribution in [0.15, 0.2) is 42.5 Å². The number of thiazole rings is 1. The molecule has 140 valence electrons. The van der Waals surface area contributed by atoms with E-state index < -0.39 is 0 Å². The predicted octanol–water partition coefficient (Wildman–Crippen LogP) is 3.66. The van der Waals surface area contributed by atoms with Crippen molar-refractivity contribution in [1.29, 1.82) is 0 Å². The van der Waals surface area contributed by atoms with Crippen LogP contribution in [0.1, 0.15) is 29.3 Å². The molecule has 2 heterocycles. The Bertz CT molecular complexity index is 938. The highest BCUT2D eigenvalue weighted by molar-refractivity contribution is 7.18. The summed E-state index contributed by atoms with van der Waals surface area (Å²) in [6.45, 7) is 4.45. The number of likely N-dealkylation sites (tertiary alicyclic amines) is 1. The van der Waals surface area contributed by atoms with E-state index in [2.05, 4.69) is 23.5 Å². The number of para-hydroxylation sites is 1. The van der Waals surface area contributed by atoms with Gasteiger partial charge >= 0.3 is 0 Å². The molecule has 1 aromatic heterocycles. The van der Waals surface area contributed by atoms with Gasteiger partial charge in [0.1, 0.15) is 5.01 Å². The van der Waals surface area contributed by atoms with E-state index in [0.717, 1.165) is 42.7 Å². The first-order valence-electron chi connectivity index (χ1n) is 9.33. The fourth-order valence-electron chi connectivity index (χ4n) is 3.74. The van der Waals surface area contributed by atoms with Crippen molar-refractivity contribution >= 4 is 44.7 Å². The summed E-state index contributed by atoms with van der Waals surface area (Å²) in [4.78, 5) is 18.7. The summed E-state index contributed by atoms with van der Waals surface area (Å²) in [5.74, 6) is 0.479. The molecule has 1 aliphatic rings. The number of nitrogens with one attached hydrogen (secondary N) is 2. The van der Waals surface area contributed by atoms with Crippen molar-refractivity contribution in [2.45, 2.75) is 25.7 Å². The summed E-state index contributed by atoms with van der Waals surface area (Å²) in [5, 5.41) is 4.86. The summed E-state index contributed by atoms with van der Waals surface area (Å²) in [6.07, 6.45) is 2.28. The second kappa shape index (κ2) is 7.97. The maximum absolute atomic E-state index is 12.5. The molecule has 2 N–H and O–H groups in total. The topological polar surface area (TPSA) is 46.4 Å². The Kier molecular flexibility index (Phi) is 5.43. The lowest BCUT2D eigenvalue weighted by molar-refractivity contribution is -0.898. The van der Waals surface area contributed by atoms with Crippen LogP contribution in [0.2, 0.25) is 5.02 Å². The zero-order valence-electron chi connectivity index (χ0n) is 15.3. The summed E-state index contributed by atoms with van der Waals surface area (Å²) in [7, 11) is 0. The van der Waals surface area contributed by atoms with Crippen molar-refractivity contribution in [3.8, 4) is 0 Å². The summed E-state index contributed by atoms with van der Waals surface area (Å²) >= 11 is 7.84. The standard InChI is InChI=1S/C21H22ClN3OS/c1-14-8-9-16(22)11-18(14)23-20(26)13-25-10-4-5-15(12-25)21-24-17-6-2-3-7-19(17)27-21/h2-3,6-9,11,15H,4-5,10,12-13H2,1H3,(H,23,26)/p+1/t15-/m0/s1. The Hall–Kier alpha value is -1.95. The van der Waals surface area contributed by atoms with Gasteiger partial charge in [0, 0.05) is 10.7 Å². The molecular formula is C21H23ClN3OS+. The van der Waals surface area contributed by atoms with Crippen molar-refractivity contribution in [3.05, 3.63) is 58.1 Å². The van der Waals surface area contributed by atoms with Gasteiger partial charge in [-0.25, -0.2) is 4.98 Å². The lowest BCUT2D eigenvalue weighted by Gasteiger charge is -2.28. The van der Waals surface area contributed by atoms with Crippen LogP contribution in [0.25, 0.3) is 10.2 Å². The molecule has 27 heavy (non-hydrogen) atoms. The Labute approximate surface area is 168 Å². The van der Waals surface area contributed by atoms with E-state index in [1.807, 2.05) is 31.2 Å². The van der Waals surface area contributed by atoms with Gasteiger partial charge in [0.2, 0.25) is 0 Å². The van der Waals surface area contributed by atoms with E-state index in [0.29, 0.717) is 17.5 Å². The first-order chi connectivity index (χ1) is 13.1. The van der Waals surface area contributed by atoms with Gasteiger partial charge in [-0.3, -0.25) is 4.79 Å². The second-order valence-corrected chi connectivity index (χ2v) is 8.75. The number of amides is 1. The van der Waals surface area contributed by atoms with Gasteiger partial charge in [0.15, 0.2) is 6.54 Å². The molecule has 4 nitrogen and oxygen atoms in total. The van der Waals surface area contributed by atoms with Gasteiger partial charge in [0.25, 0.3) is 5.91 Å². The van der Waals surface area contributed by atoms with Gasteiger partial charge in [0.05, 0.1) is 29.2 Å². The molecule has 1 aliphatic heterocycles. The van der Waals surface area contributed by atoms with Gasteiger partial charge < -0.3 is 10.2 Å². The van der Waals surface area contributed by atoms with E-state index in [9.17, 15) is 4.79 Å². The van der Waals surface area contributed by atoms with E-state index in [1.165, 1.54) is 14.6 Å². The number of nitrogens with zero attached hydrogens (tertiary/aromatic N) is 1. The molecule has 4 rings (SSSR count). The molecule has 2 atom stereocenters. The van der Waals surface area contributed by atoms with Crippen molar-refractivity contribution in [2.24, 2.45) is 0 Å². The highest BCUT2D eigenvalue weighted by Gasteiger charge is 2.28. The van der Waals surface area contributed by atoms with Crippen LogP contribution >= 0.6 is 22.9 Å². The van der Waals surface area contributed by atoms with E-state index in [-0.39, 0.29) is 5.91 Å². The van der Waals surface area contributed by atoms with Crippen LogP contribution in [0, 0.1) is 6.92 Å². The fraction of sp³-hybridized carbons (Fsp3) is 0.333. The number of quaternary nitrogens is 1. The van der Waals surface area contributed by atoms with Crippen LogP contribution in [-0.4, -0.2) is 30.5 Å². The number of carbonyl (C=O) groups excluding carboxylic acids is 1. The third kappa shape index (κ3) is 4.32. The highest BCUT2D eigenvalue weighted by Crippen LogP contribution is 2.30. The SMILES string of the molecule is Cc1ccc(Cl)cc1NC(=O)C[NH+]1CCC[C@H](c2nc3ccccc3s2)C1. The lowest BCUT2D eigenvalue weighted by atomic mass is 9.99. The normalized spacial score (nSPS) is 19.9. The van der Waals surface area contributed by atoms with Crippen LogP contribution in [0.3, 0.4) is 0 Å². The highest BCUT2D eigenvalue weighted by atomic mass is 35.5. The predicted molar refractivity (Wildman–Crippen MR) is 112 cm³/mol. The maximum atomic E-state index is 12.5. The molecule has 1 unspecified atom stereocenters. The van der Waals surface area contributed by atoms with Gasteiger partial charge in [-0.05, 0) is 49.6 Å². The average molecular weight is 401 g/mol. The molecule has 1 amide bonds. The van der Waals surface area contributed by atoms with Crippen molar-refractivity contribution in [3.63, 3.8) is 0 Å². The molecule has 1 fully saturated rings. The first-order valence-corrected chi connectivity index (χ1v) is 10.5. The number of halogens is 1. The third-order valence-electron chi connectivity index (χ3n) is 5.16. The number of piperidine rings is 1. The molecular weight excluding hydrogens is 378 g/mol. The monoisotopic (exact) mass is 400 g/mol. The fourth-order valence-corrected chi connectivity index (χ4v) is 5.01. The van der Waals surface area contributed by atoms with Crippen molar-refractivity contribution in [1.82, 2.24) is 4.98 Å². The average Bonchev–Trinajstić information content (AvgIpc) is 3.09.